The highest BCUT2D eigenvalue weighted by Crippen LogP contribution is 2.30. The third-order valence-electron chi connectivity index (χ3n) is 5.80. The molecule has 1 aromatic carbocycles. The Labute approximate surface area is 193 Å². The molecule has 2 aromatic heterocycles. The van der Waals surface area contributed by atoms with Crippen LogP contribution in [0.2, 0.25) is 0 Å². The highest BCUT2D eigenvalue weighted by atomic mass is 19.1. The van der Waals surface area contributed by atoms with Crippen molar-refractivity contribution in [3.63, 3.8) is 0 Å². The molecule has 34 heavy (non-hydrogen) atoms. The smallest absolute Gasteiger partial charge is 0.414 e. The Morgan fingerprint density at radius 3 is 2.74 bits per heavy atom. The summed E-state index contributed by atoms with van der Waals surface area (Å²) in [6, 6.07) is 7.84. The average molecular weight is 468 g/mol. The van der Waals surface area contributed by atoms with Crippen molar-refractivity contribution in [1.29, 1.82) is 0 Å². The lowest BCUT2D eigenvalue weighted by atomic mass is 9.95. The van der Waals surface area contributed by atoms with Gasteiger partial charge in [0.25, 0.3) is 0 Å². The number of amides is 1. The molecular formula is C22H21FN6O5. The second-order valence-corrected chi connectivity index (χ2v) is 7.93. The number of nitrogens with zero attached hydrogens (tertiary/aromatic N) is 6. The van der Waals surface area contributed by atoms with Gasteiger partial charge in [-0.25, -0.2) is 13.9 Å². The van der Waals surface area contributed by atoms with E-state index < -0.39 is 30.0 Å². The lowest BCUT2D eigenvalue weighted by Crippen LogP contribution is -2.30. The number of hydrogen-bond acceptors (Lipinski definition) is 9. The van der Waals surface area contributed by atoms with Gasteiger partial charge in [0.05, 0.1) is 49.8 Å². The molecule has 1 fully saturated rings. The Balaban J connectivity index is 1.31. The van der Waals surface area contributed by atoms with Crippen molar-refractivity contribution >= 4 is 17.5 Å². The number of cyclic esters (lactones) is 1. The van der Waals surface area contributed by atoms with Gasteiger partial charge in [0.15, 0.2) is 6.10 Å². The number of pyridine rings is 1. The lowest BCUT2D eigenvalue weighted by Gasteiger charge is -2.15. The zero-order valence-corrected chi connectivity index (χ0v) is 17.9. The molecule has 3 atom stereocenters. The van der Waals surface area contributed by atoms with E-state index in [1.165, 1.54) is 23.4 Å². The van der Waals surface area contributed by atoms with Crippen LogP contribution in [0.4, 0.5) is 14.9 Å². The van der Waals surface area contributed by atoms with E-state index in [-0.39, 0.29) is 19.8 Å². The summed E-state index contributed by atoms with van der Waals surface area (Å²) in [5.41, 5.74) is 2.12. The molecule has 176 valence electrons. The SMILES string of the molecule is O=C1OC(Cn2ccnn2)CN1c1ccc(-c2ccc(C3=NOC(CO)C3CO)nc2)c(F)c1. The van der Waals surface area contributed by atoms with Gasteiger partial charge < -0.3 is 19.8 Å². The molecule has 1 amide bonds. The normalized spacial score (nSPS) is 22.0. The van der Waals surface area contributed by atoms with E-state index in [1.54, 1.807) is 35.1 Å². The summed E-state index contributed by atoms with van der Waals surface area (Å²) in [5.74, 6) is -1.01. The maximum absolute atomic E-state index is 15.0. The first kappa shape index (κ1) is 21.9. The zero-order valence-electron chi connectivity index (χ0n) is 17.9. The molecule has 0 saturated carbocycles. The Bertz CT molecular complexity index is 1200. The molecule has 0 spiro atoms. The number of carbonyl (C=O) groups excluding carboxylic acids is 1. The van der Waals surface area contributed by atoms with Crippen LogP contribution in [-0.4, -0.2) is 74.0 Å². The second-order valence-electron chi connectivity index (χ2n) is 7.93. The topological polar surface area (TPSA) is 135 Å². The van der Waals surface area contributed by atoms with E-state index in [4.69, 9.17) is 9.57 Å². The van der Waals surface area contributed by atoms with Gasteiger partial charge in [-0.2, -0.15) is 0 Å². The minimum Gasteiger partial charge on any atom is -0.442 e. The van der Waals surface area contributed by atoms with Gasteiger partial charge in [-0.3, -0.25) is 9.88 Å². The van der Waals surface area contributed by atoms with Gasteiger partial charge in [-0.1, -0.05) is 16.4 Å². The number of halogens is 1. The third-order valence-corrected chi connectivity index (χ3v) is 5.80. The third kappa shape index (κ3) is 4.08. The minimum atomic E-state index is -0.625. The van der Waals surface area contributed by atoms with Crippen LogP contribution in [0, 0.1) is 11.7 Å². The summed E-state index contributed by atoms with van der Waals surface area (Å²) in [6.45, 7) is 0.0912. The van der Waals surface area contributed by atoms with E-state index in [0.717, 1.165) is 0 Å². The molecule has 0 aliphatic carbocycles. The van der Waals surface area contributed by atoms with Gasteiger partial charge in [-0.15, -0.1) is 5.10 Å². The highest BCUT2D eigenvalue weighted by Gasteiger charge is 2.35. The second kappa shape index (κ2) is 9.15. The molecule has 3 aromatic rings. The van der Waals surface area contributed by atoms with Crippen molar-refractivity contribution in [2.24, 2.45) is 11.1 Å². The molecule has 3 unspecified atom stereocenters. The predicted octanol–water partition coefficient (Wildman–Crippen LogP) is 1.21. The van der Waals surface area contributed by atoms with Gasteiger partial charge in [-0.05, 0) is 24.3 Å². The number of oxime groups is 1. The number of anilines is 1. The van der Waals surface area contributed by atoms with E-state index in [2.05, 4.69) is 20.5 Å². The number of aromatic nitrogens is 4. The molecule has 12 heteroatoms. The summed E-state index contributed by atoms with van der Waals surface area (Å²) in [5, 5.41) is 30.4. The van der Waals surface area contributed by atoms with Crippen molar-refractivity contribution < 1.29 is 29.0 Å². The minimum absolute atomic E-state index is 0.248. The van der Waals surface area contributed by atoms with Crippen LogP contribution in [0.25, 0.3) is 11.1 Å². The van der Waals surface area contributed by atoms with Crippen LogP contribution in [0.5, 0.6) is 0 Å². The molecule has 0 radical (unpaired) electrons. The quantitative estimate of drug-likeness (QED) is 0.528. The number of carbonyl (C=O) groups is 1. The average Bonchev–Trinajstić information content (AvgIpc) is 3.59. The first-order valence-corrected chi connectivity index (χ1v) is 10.6. The summed E-state index contributed by atoms with van der Waals surface area (Å²) in [7, 11) is 0. The zero-order chi connectivity index (χ0) is 23.7. The number of aliphatic hydroxyl groups is 2. The first-order valence-electron chi connectivity index (χ1n) is 10.6. The van der Waals surface area contributed by atoms with Crippen LogP contribution in [0.1, 0.15) is 5.69 Å². The Morgan fingerprint density at radius 2 is 2.06 bits per heavy atom. The van der Waals surface area contributed by atoms with E-state index >= 15 is 4.39 Å². The Kier molecular flexibility index (Phi) is 5.90. The van der Waals surface area contributed by atoms with Gasteiger partial charge in [0.2, 0.25) is 0 Å². The fourth-order valence-corrected chi connectivity index (χ4v) is 4.02. The largest absolute Gasteiger partial charge is 0.442 e. The molecular weight excluding hydrogens is 447 g/mol. The molecule has 4 heterocycles. The van der Waals surface area contributed by atoms with Gasteiger partial charge >= 0.3 is 6.09 Å². The number of rotatable bonds is 7. The standard InChI is InChI=1S/C22H21FN6O5/c23-18-7-14(29-10-15(33-22(29)32)9-28-6-5-25-27-28)2-3-16(18)13-1-4-19(24-8-13)21-17(11-30)20(12-31)34-26-21/h1-8,15,17,20,30-31H,9-12H2. The van der Waals surface area contributed by atoms with E-state index in [0.29, 0.717) is 34.8 Å². The Morgan fingerprint density at radius 1 is 1.18 bits per heavy atom. The van der Waals surface area contributed by atoms with Gasteiger partial charge in [0, 0.05) is 23.5 Å². The summed E-state index contributed by atoms with van der Waals surface area (Å²) in [6.07, 6.45) is 3.10. The van der Waals surface area contributed by atoms with Crippen LogP contribution < -0.4 is 4.90 Å². The predicted molar refractivity (Wildman–Crippen MR) is 116 cm³/mol. The summed E-state index contributed by atoms with van der Waals surface area (Å²) < 4.78 is 21.9. The van der Waals surface area contributed by atoms with Crippen LogP contribution in [0.3, 0.4) is 0 Å². The van der Waals surface area contributed by atoms with Crippen molar-refractivity contribution in [1.82, 2.24) is 20.0 Å². The fraction of sp³-hybridized carbons (Fsp3) is 0.318. The first-order chi connectivity index (χ1) is 16.6. The molecule has 0 bridgehead atoms. The monoisotopic (exact) mass is 468 g/mol. The van der Waals surface area contributed by atoms with Crippen LogP contribution in [-0.2, 0) is 16.1 Å². The van der Waals surface area contributed by atoms with Crippen LogP contribution in [0.15, 0.2) is 54.1 Å². The van der Waals surface area contributed by atoms with Gasteiger partial charge in [0.1, 0.15) is 17.6 Å². The number of aliphatic hydroxyl groups excluding tert-OH is 2. The van der Waals surface area contributed by atoms with E-state index in [9.17, 15) is 15.0 Å². The lowest BCUT2D eigenvalue weighted by molar-refractivity contribution is 0.00649. The maximum atomic E-state index is 15.0. The Hall–Kier alpha value is -3.90. The number of benzene rings is 1. The van der Waals surface area contributed by atoms with Crippen molar-refractivity contribution in [2.75, 3.05) is 24.7 Å². The maximum Gasteiger partial charge on any atom is 0.414 e. The molecule has 1 saturated heterocycles. The van der Waals surface area contributed by atoms with Crippen molar-refractivity contribution in [2.45, 2.75) is 18.8 Å². The number of hydrogen-bond donors (Lipinski definition) is 2. The molecule has 2 aliphatic heterocycles. The van der Waals surface area contributed by atoms with E-state index in [1.807, 2.05) is 0 Å². The fourth-order valence-electron chi connectivity index (χ4n) is 4.02. The molecule has 2 N–H and O–H groups in total. The molecule has 5 rings (SSSR count). The molecule has 11 nitrogen and oxygen atoms in total. The van der Waals surface area contributed by atoms with Crippen LogP contribution >= 0.6 is 0 Å². The summed E-state index contributed by atoms with van der Waals surface area (Å²) >= 11 is 0. The molecule has 2 aliphatic rings. The summed E-state index contributed by atoms with van der Waals surface area (Å²) in [4.78, 5) is 23.2. The van der Waals surface area contributed by atoms with Crippen molar-refractivity contribution in [3.8, 4) is 11.1 Å². The highest BCUT2D eigenvalue weighted by molar-refractivity contribution is 6.01. The van der Waals surface area contributed by atoms with Crippen molar-refractivity contribution in [3.05, 3.63) is 60.4 Å². The number of ether oxygens (including phenoxy) is 1.